The molecule has 0 unspecified atom stereocenters. The van der Waals surface area contributed by atoms with E-state index in [4.69, 9.17) is 14.2 Å². The Morgan fingerprint density at radius 3 is 2.83 bits per heavy atom. The summed E-state index contributed by atoms with van der Waals surface area (Å²) in [6.45, 7) is 8.96. The van der Waals surface area contributed by atoms with E-state index in [9.17, 15) is 0 Å². The summed E-state index contributed by atoms with van der Waals surface area (Å²) in [5, 5.41) is 2.19. The maximum atomic E-state index is 6.26. The van der Waals surface area contributed by atoms with Gasteiger partial charge in [-0.3, -0.25) is 4.90 Å². The Bertz CT molecular complexity index is 534. The lowest BCUT2D eigenvalue weighted by molar-refractivity contribution is -0.201. The number of hydrogen-bond acceptors (Lipinski definition) is 5. The summed E-state index contributed by atoms with van der Waals surface area (Å²) < 4.78 is 17.9. The van der Waals surface area contributed by atoms with Crippen LogP contribution in [0.2, 0.25) is 0 Å². The van der Waals surface area contributed by atoms with Gasteiger partial charge in [0, 0.05) is 57.4 Å². The Kier molecular flexibility index (Phi) is 5.25. The van der Waals surface area contributed by atoms with Crippen LogP contribution in [0, 0.1) is 12.8 Å². The smallest absolute Gasteiger partial charge is 0.0959 e. The molecule has 0 saturated carbocycles. The first-order chi connectivity index (χ1) is 11.7. The van der Waals surface area contributed by atoms with E-state index >= 15 is 0 Å². The molecule has 5 heteroatoms. The van der Waals surface area contributed by atoms with Gasteiger partial charge in [-0.2, -0.15) is 0 Å². The van der Waals surface area contributed by atoms with Gasteiger partial charge in [-0.15, -0.1) is 11.3 Å². The van der Waals surface area contributed by atoms with Crippen LogP contribution in [-0.2, 0) is 20.8 Å². The highest BCUT2D eigenvalue weighted by Crippen LogP contribution is 2.37. The van der Waals surface area contributed by atoms with Crippen molar-refractivity contribution in [3.05, 3.63) is 21.9 Å². The maximum absolute atomic E-state index is 6.26. The minimum atomic E-state index is 0.0593. The van der Waals surface area contributed by atoms with Crippen LogP contribution in [-0.4, -0.2) is 56.1 Å². The minimum absolute atomic E-state index is 0.0593. The van der Waals surface area contributed by atoms with Crippen molar-refractivity contribution in [1.29, 1.82) is 0 Å². The molecular weight excluding hydrogens is 322 g/mol. The highest BCUT2D eigenvalue weighted by atomic mass is 32.1. The van der Waals surface area contributed by atoms with Crippen molar-refractivity contribution in [3.8, 4) is 0 Å². The van der Waals surface area contributed by atoms with Crippen molar-refractivity contribution >= 4 is 11.3 Å². The molecule has 0 amide bonds. The Balaban J connectivity index is 1.23. The fourth-order valence-electron chi connectivity index (χ4n) is 4.18. The number of aryl methyl sites for hydroxylation is 1. The molecule has 1 atom stereocenters. The molecule has 1 aromatic rings. The van der Waals surface area contributed by atoms with Crippen LogP contribution in [0.1, 0.15) is 36.1 Å². The van der Waals surface area contributed by atoms with E-state index in [1.165, 1.54) is 10.4 Å². The second-order valence-electron chi connectivity index (χ2n) is 7.71. The summed E-state index contributed by atoms with van der Waals surface area (Å²) in [4.78, 5) is 4.01. The summed E-state index contributed by atoms with van der Waals surface area (Å²) >= 11 is 1.87. The molecule has 3 saturated heterocycles. The summed E-state index contributed by atoms with van der Waals surface area (Å²) in [5.74, 6) is 0.692. The topological polar surface area (TPSA) is 30.9 Å². The quantitative estimate of drug-likeness (QED) is 0.815. The number of ether oxygens (including phenoxy) is 3. The third-order valence-electron chi connectivity index (χ3n) is 5.72. The molecule has 1 aromatic heterocycles. The van der Waals surface area contributed by atoms with Crippen LogP contribution in [0.4, 0.5) is 0 Å². The first-order valence-corrected chi connectivity index (χ1v) is 10.2. The number of likely N-dealkylation sites (tertiary alicyclic amines) is 1. The molecular formula is C19H29NO3S. The molecule has 0 radical (unpaired) electrons. The molecule has 0 aliphatic carbocycles. The largest absolute Gasteiger partial charge is 0.381 e. The van der Waals surface area contributed by atoms with Crippen molar-refractivity contribution in [2.24, 2.45) is 5.92 Å². The number of rotatable bonds is 5. The molecule has 3 aliphatic rings. The zero-order chi connectivity index (χ0) is 16.4. The zero-order valence-corrected chi connectivity index (χ0v) is 15.5. The van der Waals surface area contributed by atoms with Gasteiger partial charge in [0.15, 0.2) is 0 Å². The van der Waals surface area contributed by atoms with Gasteiger partial charge in [-0.1, -0.05) is 0 Å². The monoisotopic (exact) mass is 351 g/mol. The molecule has 4 heterocycles. The van der Waals surface area contributed by atoms with E-state index in [2.05, 4.69) is 23.3 Å². The van der Waals surface area contributed by atoms with E-state index in [1.54, 1.807) is 0 Å². The molecule has 1 spiro atoms. The van der Waals surface area contributed by atoms with Gasteiger partial charge in [-0.25, -0.2) is 0 Å². The van der Waals surface area contributed by atoms with E-state index in [-0.39, 0.29) is 5.60 Å². The van der Waals surface area contributed by atoms with Crippen LogP contribution in [0.5, 0.6) is 0 Å². The first kappa shape index (κ1) is 17.0. The molecule has 4 rings (SSSR count). The summed E-state index contributed by atoms with van der Waals surface area (Å²) in [6.07, 6.45) is 4.81. The first-order valence-electron chi connectivity index (χ1n) is 9.31. The molecule has 0 N–H and O–H groups in total. The van der Waals surface area contributed by atoms with Crippen LogP contribution in [0.25, 0.3) is 0 Å². The SMILES string of the molecule is Cc1ccsc1CN1CC2(C[C@H](OCC3CCOCC3)CCO2)C1. The normalized spacial score (nSPS) is 28.1. The lowest BCUT2D eigenvalue weighted by Crippen LogP contribution is -2.65. The van der Waals surface area contributed by atoms with Crippen molar-refractivity contribution in [2.75, 3.05) is 39.5 Å². The summed E-state index contributed by atoms with van der Waals surface area (Å²) in [6, 6.07) is 2.22. The molecule has 0 bridgehead atoms. The Hall–Kier alpha value is -0.460. The molecule has 3 aliphatic heterocycles. The highest BCUT2D eigenvalue weighted by molar-refractivity contribution is 7.10. The van der Waals surface area contributed by atoms with Crippen LogP contribution in [0.3, 0.4) is 0 Å². The molecule has 4 nitrogen and oxygen atoms in total. The highest BCUT2D eigenvalue weighted by Gasteiger charge is 2.47. The lowest BCUT2D eigenvalue weighted by Gasteiger charge is -2.53. The van der Waals surface area contributed by atoms with E-state index in [1.807, 2.05) is 11.3 Å². The summed E-state index contributed by atoms with van der Waals surface area (Å²) in [5.41, 5.74) is 1.48. The fourth-order valence-corrected chi connectivity index (χ4v) is 5.13. The van der Waals surface area contributed by atoms with Crippen LogP contribution < -0.4 is 0 Å². The maximum Gasteiger partial charge on any atom is 0.0959 e. The standard InChI is InChI=1S/C19H29NO3S/c1-15-5-9-24-18(15)11-20-13-19(14-20)10-17(4-8-23-19)22-12-16-2-6-21-7-3-16/h5,9,16-17H,2-4,6-8,10-14H2,1H3/t17-/m1/s1. The van der Waals surface area contributed by atoms with Crippen molar-refractivity contribution < 1.29 is 14.2 Å². The average molecular weight is 352 g/mol. The van der Waals surface area contributed by atoms with E-state index < -0.39 is 0 Å². The van der Waals surface area contributed by atoms with Gasteiger partial charge in [-0.05, 0) is 49.1 Å². The molecule has 0 aromatic carbocycles. The van der Waals surface area contributed by atoms with Crippen LogP contribution in [0.15, 0.2) is 11.4 Å². The number of hydrogen-bond donors (Lipinski definition) is 0. The van der Waals surface area contributed by atoms with Crippen molar-refractivity contribution in [3.63, 3.8) is 0 Å². The van der Waals surface area contributed by atoms with E-state index in [0.29, 0.717) is 12.0 Å². The fraction of sp³-hybridized carbons (Fsp3) is 0.789. The van der Waals surface area contributed by atoms with Crippen molar-refractivity contribution in [1.82, 2.24) is 4.90 Å². The summed E-state index contributed by atoms with van der Waals surface area (Å²) in [7, 11) is 0. The minimum Gasteiger partial charge on any atom is -0.381 e. The number of nitrogens with zero attached hydrogens (tertiary/aromatic N) is 1. The molecule has 24 heavy (non-hydrogen) atoms. The predicted octanol–water partition coefficient (Wildman–Crippen LogP) is 3.23. The zero-order valence-electron chi connectivity index (χ0n) is 14.7. The van der Waals surface area contributed by atoms with Gasteiger partial charge in [0.05, 0.1) is 11.7 Å². The Morgan fingerprint density at radius 2 is 2.08 bits per heavy atom. The second-order valence-corrected chi connectivity index (χ2v) is 8.71. The third kappa shape index (κ3) is 3.86. The Morgan fingerprint density at radius 1 is 1.25 bits per heavy atom. The van der Waals surface area contributed by atoms with Gasteiger partial charge < -0.3 is 14.2 Å². The lowest BCUT2D eigenvalue weighted by atomic mass is 9.84. The second kappa shape index (κ2) is 7.42. The molecule has 3 fully saturated rings. The van der Waals surface area contributed by atoms with Crippen molar-refractivity contribution in [2.45, 2.75) is 50.9 Å². The number of thiophene rings is 1. The van der Waals surface area contributed by atoms with Gasteiger partial charge in [0.2, 0.25) is 0 Å². The van der Waals surface area contributed by atoms with Gasteiger partial charge in [0.1, 0.15) is 0 Å². The predicted molar refractivity (Wildman–Crippen MR) is 95.5 cm³/mol. The average Bonchev–Trinajstić information content (AvgIpc) is 2.98. The molecule has 134 valence electrons. The Labute approximate surface area is 149 Å². The van der Waals surface area contributed by atoms with Crippen LogP contribution >= 0.6 is 11.3 Å². The van der Waals surface area contributed by atoms with Gasteiger partial charge >= 0.3 is 0 Å². The third-order valence-corrected chi connectivity index (χ3v) is 6.72. The van der Waals surface area contributed by atoms with E-state index in [0.717, 1.165) is 71.7 Å². The van der Waals surface area contributed by atoms with Gasteiger partial charge in [0.25, 0.3) is 0 Å².